The van der Waals surface area contributed by atoms with Crippen LogP contribution >= 0.6 is 0 Å². The van der Waals surface area contributed by atoms with Crippen LogP contribution in [-0.2, 0) is 21.4 Å². The van der Waals surface area contributed by atoms with Gasteiger partial charge in [0.15, 0.2) is 11.5 Å². The highest BCUT2D eigenvalue weighted by atomic mass is 32.2. The highest BCUT2D eigenvalue weighted by molar-refractivity contribution is 7.88. The van der Waals surface area contributed by atoms with E-state index in [0.29, 0.717) is 17.9 Å². The van der Waals surface area contributed by atoms with E-state index in [1.807, 2.05) is 13.0 Å². The molecule has 1 atom stereocenters. The van der Waals surface area contributed by atoms with Crippen molar-refractivity contribution in [2.75, 3.05) is 27.0 Å². The molecule has 0 spiro atoms. The maximum Gasteiger partial charge on any atom is 0.235 e. The highest BCUT2D eigenvalue weighted by Gasteiger charge is 2.23. The van der Waals surface area contributed by atoms with Gasteiger partial charge in [-0.15, -0.1) is 0 Å². The van der Waals surface area contributed by atoms with Crippen LogP contribution in [0.1, 0.15) is 30.5 Å². The van der Waals surface area contributed by atoms with Crippen LogP contribution in [0.5, 0.6) is 11.5 Å². The third kappa shape index (κ3) is 6.17. The summed E-state index contributed by atoms with van der Waals surface area (Å²) in [6.45, 7) is 1.25. The minimum absolute atomic E-state index is 0.197. The Morgan fingerprint density at radius 2 is 1.80 bits per heavy atom. The number of ether oxygens (including phenoxy) is 2. The van der Waals surface area contributed by atoms with Crippen molar-refractivity contribution in [3.8, 4) is 11.5 Å². The molecule has 1 amide bonds. The molecule has 1 N–H and O–H groups in total. The summed E-state index contributed by atoms with van der Waals surface area (Å²) in [5.41, 5.74) is 0.992. The average Bonchev–Trinajstić information content (AvgIpc) is 2.71. The van der Waals surface area contributed by atoms with E-state index < -0.39 is 28.3 Å². The number of hydrogen-bond donors (Lipinski definition) is 1. The second-order valence-corrected chi connectivity index (χ2v) is 8.75. The van der Waals surface area contributed by atoms with E-state index in [-0.39, 0.29) is 18.2 Å². The van der Waals surface area contributed by atoms with Gasteiger partial charge >= 0.3 is 0 Å². The SMILES string of the molecule is CC[C@@H](NC(=O)CN(Cc1ccccc1F)S(C)(=O)=O)c1ccc(OC)c(OC)c1. The third-order valence-corrected chi connectivity index (χ3v) is 5.84. The zero-order valence-corrected chi connectivity index (χ0v) is 18.3. The van der Waals surface area contributed by atoms with Crippen LogP contribution in [0.25, 0.3) is 0 Å². The number of amides is 1. The molecule has 0 aliphatic heterocycles. The van der Waals surface area contributed by atoms with Gasteiger partial charge in [0.1, 0.15) is 5.82 Å². The number of rotatable bonds is 10. The van der Waals surface area contributed by atoms with Crippen LogP contribution in [0, 0.1) is 5.82 Å². The molecule has 164 valence electrons. The van der Waals surface area contributed by atoms with Crippen molar-refractivity contribution >= 4 is 15.9 Å². The standard InChI is InChI=1S/C21H27FN2O5S/c1-5-18(15-10-11-19(28-2)20(12-15)29-3)23-21(25)14-24(30(4,26)27)13-16-8-6-7-9-17(16)22/h6-12,18H,5,13-14H2,1-4H3,(H,23,25)/t18-/m1/s1. The summed E-state index contributed by atoms with van der Waals surface area (Å²) in [4.78, 5) is 12.6. The lowest BCUT2D eigenvalue weighted by Crippen LogP contribution is -2.41. The van der Waals surface area contributed by atoms with Crippen molar-refractivity contribution in [3.63, 3.8) is 0 Å². The maximum atomic E-state index is 14.0. The van der Waals surface area contributed by atoms with Gasteiger partial charge in [-0.3, -0.25) is 4.79 Å². The molecule has 7 nitrogen and oxygen atoms in total. The van der Waals surface area contributed by atoms with E-state index in [4.69, 9.17) is 9.47 Å². The predicted molar refractivity (Wildman–Crippen MR) is 112 cm³/mol. The fourth-order valence-electron chi connectivity index (χ4n) is 3.00. The van der Waals surface area contributed by atoms with Gasteiger partial charge in [0, 0.05) is 12.1 Å². The lowest BCUT2D eigenvalue weighted by molar-refractivity contribution is -0.122. The molecule has 0 heterocycles. The zero-order chi connectivity index (χ0) is 22.3. The molecule has 30 heavy (non-hydrogen) atoms. The summed E-state index contributed by atoms with van der Waals surface area (Å²) in [5, 5.41) is 2.84. The fraction of sp³-hybridized carbons (Fsp3) is 0.381. The Bertz CT molecular complexity index is 981. The molecule has 2 aromatic carbocycles. The molecular formula is C21H27FN2O5S. The van der Waals surface area contributed by atoms with Crippen LogP contribution in [0.15, 0.2) is 42.5 Å². The van der Waals surface area contributed by atoms with Crippen LogP contribution in [-0.4, -0.2) is 45.7 Å². The van der Waals surface area contributed by atoms with Crippen molar-refractivity contribution in [1.82, 2.24) is 9.62 Å². The highest BCUT2D eigenvalue weighted by Crippen LogP contribution is 2.30. The molecule has 0 radical (unpaired) electrons. The van der Waals surface area contributed by atoms with E-state index in [1.165, 1.54) is 32.4 Å². The van der Waals surface area contributed by atoms with E-state index in [9.17, 15) is 17.6 Å². The quantitative estimate of drug-likeness (QED) is 0.617. The second-order valence-electron chi connectivity index (χ2n) is 6.77. The fourth-order valence-corrected chi connectivity index (χ4v) is 3.72. The minimum atomic E-state index is -3.73. The van der Waals surface area contributed by atoms with Gasteiger partial charge in [-0.05, 0) is 30.2 Å². The van der Waals surface area contributed by atoms with Crippen LogP contribution in [0.3, 0.4) is 0 Å². The number of carbonyl (C=O) groups is 1. The largest absolute Gasteiger partial charge is 0.493 e. The Hall–Kier alpha value is -2.65. The minimum Gasteiger partial charge on any atom is -0.493 e. The number of carbonyl (C=O) groups excluding carboxylic acids is 1. The molecule has 0 aliphatic carbocycles. The Kier molecular flexibility index (Phi) is 8.19. The van der Waals surface area contributed by atoms with E-state index in [0.717, 1.165) is 16.1 Å². The van der Waals surface area contributed by atoms with Gasteiger partial charge < -0.3 is 14.8 Å². The summed E-state index contributed by atoms with van der Waals surface area (Å²) < 4.78 is 49.7. The first-order valence-corrected chi connectivity index (χ1v) is 11.2. The van der Waals surface area contributed by atoms with E-state index in [2.05, 4.69) is 5.32 Å². The first-order chi connectivity index (χ1) is 14.2. The summed E-state index contributed by atoms with van der Waals surface area (Å²) >= 11 is 0. The molecule has 0 bridgehead atoms. The topological polar surface area (TPSA) is 84.9 Å². The number of nitrogens with one attached hydrogen (secondary N) is 1. The number of halogens is 1. The Balaban J connectivity index is 2.16. The monoisotopic (exact) mass is 438 g/mol. The van der Waals surface area contributed by atoms with Crippen molar-refractivity contribution < 1.29 is 27.1 Å². The van der Waals surface area contributed by atoms with Gasteiger partial charge in [0.2, 0.25) is 15.9 Å². The second kappa shape index (κ2) is 10.4. The van der Waals surface area contributed by atoms with Crippen molar-refractivity contribution in [1.29, 1.82) is 0 Å². The van der Waals surface area contributed by atoms with Crippen molar-refractivity contribution in [2.45, 2.75) is 25.9 Å². The number of methoxy groups -OCH3 is 2. The van der Waals surface area contributed by atoms with Crippen molar-refractivity contribution in [3.05, 3.63) is 59.4 Å². The summed E-state index contributed by atoms with van der Waals surface area (Å²) in [5.74, 6) is 0.0808. The molecule has 2 rings (SSSR count). The van der Waals surface area contributed by atoms with Crippen LogP contribution in [0.4, 0.5) is 4.39 Å². The van der Waals surface area contributed by atoms with Gasteiger partial charge in [-0.25, -0.2) is 12.8 Å². The van der Waals surface area contributed by atoms with Crippen LogP contribution in [0.2, 0.25) is 0 Å². The normalized spacial score (nSPS) is 12.5. The molecule has 0 saturated carbocycles. The molecule has 0 saturated heterocycles. The van der Waals surface area contributed by atoms with Gasteiger partial charge in [-0.1, -0.05) is 31.2 Å². The Morgan fingerprint density at radius 3 is 2.37 bits per heavy atom. The Labute approximate surface area is 176 Å². The number of benzene rings is 2. The van der Waals surface area contributed by atoms with Crippen LogP contribution < -0.4 is 14.8 Å². The van der Waals surface area contributed by atoms with Gasteiger partial charge in [0.05, 0.1) is 33.1 Å². The molecule has 9 heteroatoms. The molecular weight excluding hydrogens is 411 g/mol. The third-order valence-electron chi connectivity index (χ3n) is 4.65. The molecule has 0 aromatic heterocycles. The predicted octanol–water partition coefficient (Wildman–Crippen LogP) is 2.87. The Morgan fingerprint density at radius 1 is 1.13 bits per heavy atom. The lowest BCUT2D eigenvalue weighted by Gasteiger charge is -2.23. The molecule has 0 fully saturated rings. The smallest absolute Gasteiger partial charge is 0.235 e. The number of sulfonamides is 1. The molecule has 0 aliphatic rings. The number of hydrogen-bond acceptors (Lipinski definition) is 5. The van der Waals surface area contributed by atoms with E-state index in [1.54, 1.807) is 18.2 Å². The average molecular weight is 439 g/mol. The molecule has 2 aromatic rings. The summed E-state index contributed by atoms with van der Waals surface area (Å²) in [6.07, 6.45) is 1.57. The zero-order valence-electron chi connectivity index (χ0n) is 17.5. The van der Waals surface area contributed by atoms with Crippen molar-refractivity contribution in [2.24, 2.45) is 0 Å². The molecule has 0 unspecified atom stereocenters. The first-order valence-electron chi connectivity index (χ1n) is 9.39. The van der Waals surface area contributed by atoms with E-state index >= 15 is 0 Å². The lowest BCUT2D eigenvalue weighted by atomic mass is 10.0. The summed E-state index contributed by atoms with van der Waals surface area (Å²) in [6, 6.07) is 10.8. The van der Waals surface area contributed by atoms with Gasteiger partial charge in [0.25, 0.3) is 0 Å². The first kappa shape index (κ1) is 23.6. The maximum absolute atomic E-state index is 14.0. The van der Waals surface area contributed by atoms with Gasteiger partial charge in [-0.2, -0.15) is 4.31 Å². The summed E-state index contributed by atoms with van der Waals surface area (Å²) in [7, 11) is -0.677. The number of nitrogens with zero attached hydrogens (tertiary/aromatic N) is 1.